The molecule has 19 heavy (non-hydrogen) atoms. The molecule has 0 atom stereocenters. The Morgan fingerprint density at radius 3 is 2.42 bits per heavy atom. The fourth-order valence-electron chi connectivity index (χ4n) is 1.79. The Bertz CT molecular complexity index is 505. The third-order valence-corrected chi connectivity index (χ3v) is 2.56. The van der Waals surface area contributed by atoms with E-state index in [2.05, 4.69) is 0 Å². The van der Waals surface area contributed by atoms with E-state index in [1.54, 1.807) is 19.9 Å². The van der Waals surface area contributed by atoms with Crippen LogP contribution in [0.2, 0.25) is 0 Å². The summed E-state index contributed by atoms with van der Waals surface area (Å²) in [6.45, 7) is 7.97. The van der Waals surface area contributed by atoms with E-state index in [4.69, 9.17) is 14.2 Å². The molecular weight excluding hydrogens is 248 g/mol. The molecule has 5 heteroatoms. The molecule has 0 unspecified atom stereocenters. The van der Waals surface area contributed by atoms with E-state index >= 15 is 0 Å². The molecule has 0 saturated heterocycles. The summed E-state index contributed by atoms with van der Waals surface area (Å²) in [6.07, 6.45) is 0. The van der Waals surface area contributed by atoms with Gasteiger partial charge in [0.1, 0.15) is 11.3 Å². The van der Waals surface area contributed by atoms with Crippen molar-refractivity contribution in [3.63, 3.8) is 0 Å². The monoisotopic (exact) mass is 266 g/mol. The van der Waals surface area contributed by atoms with Crippen molar-refractivity contribution < 1.29 is 24.1 Å². The van der Waals surface area contributed by atoms with Crippen molar-refractivity contribution in [2.75, 3.05) is 6.61 Å². The van der Waals surface area contributed by atoms with Crippen molar-refractivity contribution in [3.8, 4) is 17.2 Å². The maximum Gasteiger partial charge on any atom is 0.339 e. The fraction of sp³-hybridized carbons (Fsp3) is 0.500. The third kappa shape index (κ3) is 2.92. The van der Waals surface area contributed by atoms with Gasteiger partial charge in [0.15, 0.2) is 11.5 Å². The molecule has 5 nitrogen and oxygen atoms in total. The number of fused-ring (bicyclic) bond motifs is 1. The van der Waals surface area contributed by atoms with Crippen molar-refractivity contribution in [3.05, 3.63) is 17.7 Å². The van der Waals surface area contributed by atoms with E-state index in [1.807, 2.05) is 13.8 Å². The summed E-state index contributed by atoms with van der Waals surface area (Å²) in [4.78, 5) is 11.3. The highest BCUT2D eigenvalue weighted by Gasteiger charge is 2.33. The van der Waals surface area contributed by atoms with Gasteiger partial charge in [-0.3, -0.25) is 0 Å². The molecule has 0 spiro atoms. The number of aromatic carboxylic acids is 1. The number of carboxylic acids is 1. The highest BCUT2D eigenvalue weighted by atomic mass is 16.7. The molecule has 1 aromatic carbocycles. The van der Waals surface area contributed by atoms with Gasteiger partial charge in [0, 0.05) is 26.0 Å². The van der Waals surface area contributed by atoms with Crippen molar-refractivity contribution in [2.24, 2.45) is 5.92 Å². The summed E-state index contributed by atoms with van der Waals surface area (Å²) in [7, 11) is 0. The van der Waals surface area contributed by atoms with Crippen LogP contribution in [0, 0.1) is 5.92 Å². The first-order chi connectivity index (χ1) is 8.78. The molecule has 104 valence electrons. The lowest BCUT2D eigenvalue weighted by Crippen LogP contribution is -2.29. The smallest absolute Gasteiger partial charge is 0.339 e. The van der Waals surface area contributed by atoms with Crippen molar-refractivity contribution >= 4 is 5.97 Å². The number of hydrogen-bond acceptors (Lipinski definition) is 4. The first-order valence-electron chi connectivity index (χ1n) is 6.20. The lowest BCUT2D eigenvalue weighted by molar-refractivity contribution is -0.0432. The molecule has 0 aliphatic carbocycles. The van der Waals surface area contributed by atoms with Crippen LogP contribution < -0.4 is 14.2 Å². The zero-order chi connectivity index (χ0) is 14.2. The van der Waals surface area contributed by atoms with Crippen LogP contribution in [-0.4, -0.2) is 23.5 Å². The van der Waals surface area contributed by atoms with E-state index in [-0.39, 0.29) is 5.56 Å². The third-order valence-electron chi connectivity index (χ3n) is 2.56. The fourth-order valence-corrected chi connectivity index (χ4v) is 1.79. The number of benzene rings is 1. The first kappa shape index (κ1) is 13.5. The van der Waals surface area contributed by atoms with Crippen LogP contribution in [0.4, 0.5) is 0 Å². The summed E-state index contributed by atoms with van der Waals surface area (Å²) in [5.41, 5.74) is 0.0840. The SMILES string of the molecule is CC(C)COc1cc2c(cc1C(=O)O)OC(C)(C)O2. The minimum absolute atomic E-state index is 0.0840. The van der Waals surface area contributed by atoms with Gasteiger partial charge < -0.3 is 19.3 Å². The average molecular weight is 266 g/mol. The van der Waals surface area contributed by atoms with Gasteiger partial charge in [0.2, 0.25) is 5.79 Å². The molecule has 0 radical (unpaired) electrons. The Balaban J connectivity index is 2.35. The maximum atomic E-state index is 11.3. The lowest BCUT2D eigenvalue weighted by Gasteiger charge is -2.16. The zero-order valence-electron chi connectivity index (χ0n) is 11.5. The molecule has 0 aromatic heterocycles. The molecule has 0 fully saturated rings. The van der Waals surface area contributed by atoms with Gasteiger partial charge >= 0.3 is 5.97 Å². The van der Waals surface area contributed by atoms with Gasteiger partial charge in [-0.1, -0.05) is 13.8 Å². The van der Waals surface area contributed by atoms with Crippen LogP contribution in [0.3, 0.4) is 0 Å². The molecule has 0 amide bonds. The topological polar surface area (TPSA) is 65.0 Å². The molecule has 1 aliphatic heterocycles. The predicted octanol–water partition coefficient (Wildman–Crippen LogP) is 2.93. The zero-order valence-corrected chi connectivity index (χ0v) is 11.5. The van der Waals surface area contributed by atoms with Crippen LogP contribution >= 0.6 is 0 Å². The van der Waals surface area contributed by atoms with Gasteiger partial charge in [-0.25, -0.2) is 4.79 Å². The molecular formula is C14H18O5. The van der Waals surface area contributed by atoms with Crippen molar-refractivity contribution in [1.82, 2.24) is 0 Å². The van der Waals surface area contributed by atoms with E-state index in [0.29, 0.717) is 29.8 Å². The van der Waals surface area contributed by atoms with Crippen molar-refractivity contribution in [1.29, 1.82) is 0 Å². The van der Waals surface area contributed by atoms with Crippen LogP contribution in [0.1, 0.15) is 38.1 Å². The van der Waals surface area contributed by atoms with E-state index in [1.165, 1.54) is 6.07 Å². The molecule has 0 saturated carbocycles. The number of carbonyl (C=O) groups is 1. The number of ether oxygens (including phenoxy) is 3. The normalized spacial score (nSPS) is 15.6. The van der Waals surface area contributed by atoms with E-state index in [9.17, 15) is 9.90 Å². The second-order valence-corrected chi connectivity index (χ2v) is 5.41. The Labute approximate surface area is 112 Å². The van der Waals surface area contributed by atoms with Gasteiger partial charge in [0.25, 0.3) is 0 Å². The molecule has 0 bridgehead atoms. The molecule has 1 heterocycles. The second kappa shape index (κ2) is 4.64. The van der Waals surface area contributed by atoms with Crippen LogP contribution in [-0.2, 0) is 0 Å². The van der Waals surface area contributed by atoms with Crippen LogP contribution in [0.25, 0.3) is 0 Å². The first-order valence-corrected chi connectivity index (χ1v) is 6.20. The molecule has 1 aromatic rings. The number of carboxylic acid groups (broad SMARTS) is 1. The maximum absolute atomic E-state index is 11.3. The second-order valence-electron chi connectivity index (χ2n) is 5.41. The highest BCUT2D eigenvalue weighted by molar-refractivity contribution is 5.92. The van der Waals surface area contributed by atoms with E-state index < -0.39 is 11.8 Å². The van der Waals surface area contributed by atoms with Gasteiger partial charge in [-0.2, -0.15) is 0 Å². The summed E-state index contributed by atoms with van der Waals surface area (Å²) in [5, 5.41) is 9.22. The summed E-state index contributed by atoms with van der Waals surface area (Å²) >= 11 is 0. The van der Waals surface area contributed by atoms with E-state index in [0.717, 1.165) is 0 Å². The average Bonchev–Trinajstić information content (AvgIpc) is 2.57. The Morgan fingerprint density at radius 1 is 1.32 bits per heavy atom. The Morgan fingerprint density at radius 2 is 1.89 bits per heavy atom. The molecule has 1 aliphatic rings. The molecule has 1 N–H and O–H groups in total. The standard InChI is InChI=1S/C14H18O5/c1-8(2)7-17-10-6-12-11(5-9(10)13(15)16)18-14(3,4)19-12/h5-6,8H,7H2,1-4H3,(H,15,16). The minimum atomic E-state index is -1.05. The van der Waals surface area contributed by atoms with Gasteiger partial charge in [-0.05, 0) is 5.92 Å². The Kier molecular flexibility index (Phi) is 3.30. The van der Waals surface area contributed by atoms with Gasteiger partial charge in [0.05, 0.1) is 6.61 Å². The van der Waals surface area contributed by atoms with Gasteiger partial charge in [-0.15, -0.1) is 0 Å². The summed E-state index contributed by atoms with van der Waals surface area (Å²) < 4.78 is 16.6. The van der Waals surface area contributed by atoms with Crippen LogP contribution in [0.5, 0.6) is 17.2 Å². The largest absolute Gasteiger partial charge is 0.492 e. The van der Waals surface area contributed by atoms with Crippen molar-refractivity contribution in [2.45, 2.75) is 33.5 Å². The lowest BCUT2D eigenvalue weighted by atomic mass is 10.1. The quantitative estimate of drug-likeness (QED) is 0.907. The van der Waals surface area contributed by atoms with Crippen LogP contribution in [0.15, 0.2) is 12.1 Å². The minimum Gasteiger partial charge on any atom is -0.492 e. The molecule has 2 rings (SSSR count). The number of hydrogen-bond donors (Lipinski definition) is 1. The Hall–Kier alpha value is -1.91. The highest BCUT2D eigenvalue weighted by Crippen LogP contribution is 2.43. The predicted molar refractivity (Wildman–Crippen MR) is 69.1 cm³/mol. The summed E-state index contributed by atoms with van der Waals surface area (Å²) in [6, 6.07) is 3.03. The number of rotatable bonds is 4. The summed E-state index contributed by atoms with van der Waals surface area (Å²) in [5.74, 6) is -0.276.